The highest BCUT2D eigenvalue weighted by molar-refractivity contribution is 5.77. The number of guanidine groups is 1. The normalized spacial score (nSPS) is 16.8. The van der Waals surface area contributed by atoms with Crippen LogP contribution >= 0.6 is 0 Å². The Kier molecular flexibility index (Phi) is 6.89. The van der Waals surface area contributed by atoms with Crippen LogP contribution in [0.5, 0.6) is 0 Å². The molecule has 0 spiro atoms. The summed E-state index contributed by atoms with van der Waals surface area (Å²) in [5, 5.41) is 3.18. The average molecular weight is 305 g/mol. The second-order valence-electron chi connectivity index (χ2n) is 5.42. The molecule has 1 aromatic rings. The van der Waals surface area contributed by atoms with E-state index < -0.39 is 0 Å². The zero-order valence-corrected chi connectivity index (χ0v) is 13.4. The lowest BCUT2D eigenvalue weighted by molar-refractivity contribution is 0.260. The summed E-state index contributed by atoms with van der Waals surface area (Å²) in [7, 11) is 0. The second-order valence-corrected chi connectivity index (χ2v) is 5.42. The van der Waals surface area contributed by atoms with Crippen LogP contribution in [0.2, 0.25) is 0 Å². The van der Waals surface area contributed by atoms with Crippen molar-refractivity contribution in [3.8, 4) is 0 Å². The van der Waals surface area contributed by atoms with Crippen LogP contribution in [-0.4, -0.2) is 66.6 Å². The monoisotopic (exact) mass is 305 g/mol. The standard InChI is InChI=1S/C15H27N7/c1-2-3-5-17-14(16)18-8-9-21-10-12-22(13-11-21)15-19-6-4-7-20-15/h4,6-7H,2-3,5,8-13H2,1H3,(H3,16,17,18). The fraction of sp³-hybridized carbons (Fsp3) is 0.667. The fourth-order valence-electron chi connectivity index (χ4n) is 2.38. The third-order valence-corrected chi connectivity index (χ3v) is 3.74. The van der Waals surface area contributed by atoms with Crippen LogP contribution in [0, 0.1) is 0 Å². The maximum atomic E-state index is 5.82. The number of nitrogens with two attached hydrogens (primary N) is 1. The summed E-state index contributed by atoms with van der Waals surface area (Å²) in [6, 6.07) is 1.85. The van der Waals surface area contributed by atoms with Crippen molar-refractivity contribution in [1.29, 1.82) is 0 Å². The molecule has 3 N–H and O–H groups in total. The number of piperazine rings is 1. The van der Waals surface area contributed by atoms with Gasteiger partial charge >= 0.3 is 0 Å². The van der Waals surface area contributed by atoms with Crippen LogP contribution in [0.4, 0.5) is 5.95 Å². The van der Waals surface area contributed by atoms with Crippen molar-refractivity contribution in [2.75, 3.05) is 50.7 Å². The summed E-state index contributed by atoms with van der Waals surface area (Å²) in [5.74, 6) is 1.39. The van der Waals surface area contributed by atoms with Gasteiger partial charge in [0.1, 0.15) is 0 Å². The molecule has 0 bridgehead atoms. The Hall–Kier alpha value is -1.89. The maximum absolute atomic E-state index is 5.82. The van der Waals surface area contributed by atoms with Gasteiger partial charge in [0, 0.05) is 58.2 Å². The zero-order chi connectivity index (χ0) is 15.6. The van der Waals surface area contributed by atoms with E-state index in [9.17, 15) is 0 Å². The van der Waals surface area contributed by atoms with Gasteiger partial charge in [-0.1, -0.05) is 13.3 Å². The molecule has 2 rings (SSSR count). The van der Waals surface area contributed by atoms with E-state index in [2.05, 4.69) is 37.0 Å². The van der Waals surface area contributed by atoms with Gasteiger partial charge in [0.2, 0.25) is 5.95 Å². The van der Waals surface area contributed by atoms with E-state index in [1.165, 1.54) is 0 Å². The van der Waals surface area contributed by atoms with E-state index >= 15 is 0 Å². The van der Waals surface area contributed by atoms with Gasteiger partial charge in [0.15, 0.2) is 5.96 Å². The minimum Gasteiger partial charge on any atom is -0.370 e. The van der Waals surface area contributed by atoms with E-state index in [0.29, 0.717) is 5.96 Å². The Morgan fingerprint density at radius 1 is 1.27 bits per heavy atom. The van der Waals surface area contributed by atoms with Gasteiger partial charge in [-0.25, -0.2) is 9.97 Å². The Labute approximate surface area is 132 Å². The van der Waals surface area contributed by atoms with Gasteiger partial charge in [0.25, 0.3) is 0 Å². The summed E-state index contributed by atoms with van der Waals surface area (Å²) in [6.45, 7) is 8.74. The lowest BCUT2D eigenvalue weighted by Gasteiger charge is -2.34. The van der Waals surface area contributed by atoms with Crippen molar-refractivity contribution in [3.05, 3.63) is 18.5 Å². The Morgan fingerprint density at radius 3 is 2.68 bits per heavy atom. The summed E-state index contributed by atoms with van der Waals surface area (Å²) in [6.07, 6.45) is 5.82. The van der Waals surface area contributed by atoms with E-state index in [1.54, 1.807) is 12.4 Å². The topological polar surface area (TPSA) is 82.7 Å². The first kappa shape index (κ1) is 16.5. The molecule has 1 saturated heterocycles. The van der Waals surface area contributed by atoms with Crippen molar-refractivity contribution in [2.24, 2.45) is 10.7 Å². The van der Waals surface area contributed by atoms with E-state index in [0.717, 1.165) is 64.6 Å². The van der Waals surface area contributed by atoms with Crippen LogP contribution in [0.1, 0.15) is 19.8 Å². The lowest BCUT2D eigenvalue weighted by Crippen LogP contribution is -2.49. The van der Waals surface area contributed by atoms with Crippen molar-refractivity contribution < 1.29 is 0 Å². The molecule has 122 valence electrons. The van der Waals surface area contributed by atoms with Crippen LogP contribution < -0.4 is 16.0 Å². The first-order chi connectivity index (χ1) is 10.8. The Bertz CT molecular complexity index is 440. The van der Waals surface area contributed by atoms with E-state index in [1.807, 2.05) is 6.07 Å². The molecule has 1 fully saturated rings. The quantitative estimate of drug-likeness (QED) is 0.428. The fourth-order valence-corrected chi connectivity index (χ4v) is 2.38. The first-order valence-electron chi connectivity index (χ1n) is 8.07. The van der Waals surface area contributed by atoms with Gasteiger partial charge in [0.05, 0.1) is 0 Å². The summed E-state index contributed by atoms with van der Waals surface area (Å²) in [5.41, 5.74) is 5.82. The first-order valence-corrected chi connectivity index (χ1v) is 8.07. The van der Waals surface area contributed by atoms with Gasteiger partial charge < -0.3 is 16.0 Å². The predicted octanol–water partition coefficient (Wildman–Crippen LogP) is 0.303. The summed E-state index contributed by atoms with van der Waals surface area (Å²) in [4.78, 5) is 17.5. The highest BCUT2D eigenvalue weighted by atomic mass is 15.3. The number of nitrogens with one attached hydrogen (secondary N) is 1. The molecule has 7 nitrogen and oxygen atoms in total. The molecule has 2 heterocycles. The second kappa shape index (κ2) is 9.19. The minimum absolute atomic E-state index is 0.560. The van der Waals surface area contributed by atoms with Crippen LogP contribution in [0.15, 0.2) is 23.5 Å². The van der Waals surface area contributed by atoms with Gasteiger partial charge in [-0.15, -0.1) is 0 Å². The predicted molar refractivity (Wildman–Crippen MR) is 90.1 cm³/mol. The SMILES string of the molecule is CCCCN=C(N)NCCN1CCN(c2ncccn2)CC1. The maximum Gasteiger partial charge on any atom is 0.225 e. The Morgan fingerprint density at radius 2 is 2.00 bits per heavy atom. The number of aromatic nitrogens is 2. The number of aliphatic imine (C=N–C) groups is 1. The summed E-state index contributed by atoms with van der Waals surface area (Å²) < 4.78 is 0. The molecule has 0 radical (unpaired) electrons. The number of anilines is 1. The Balaban J connectivity index is 1.62. The molecule has 0 aliphatic carbocycles. The lowest BCUT2D eigenvalue weighted by atomic mass is 10.3. The van der Waals surface area contributed by atoms with Gasteiger partial charge in [-0.05, 0) is 12.5 Å². The molecule has 0 aromatic carbocycles. The molecule has 1 aromatic heterocycles. The molecular weight excluding hydrogens is 278 g/mol. The molecule has 0 amide bonds. The number of hydrogen-bond acceptors (Lipinski definition) is 5. The third-order valence-electron chi connectivity index (χ3n) is 3.74. The number of unbranched alkanes of at least 4 members (excludes halogenated alkanes) is 1. The molecule has 0 saturated carbocycles. The number of rotatable bonds is 7. The minimum atomic E-state index is 0.560. The number of hydrogen-bond donors (Lipinski definition) is 2. The smallest absolute Gasteiger partial charge is 0.225 e. The van der Waals surface area contributed by atoms with Crippen molar-refractivity contribution in [2.45, 2.75) is 19.8 Å². The molecular formula is C15H27N7. The van der Waals surface area contributed by atoms with Crippen LogP contribution in [0.25, 0.3) is 0 Å². The van der Waals surface area contributed by atoms with E-state index in [-0.39, 0.29) is 0 Å². The molecule has 22 heavy (non-hydrogen) atoms. The zero-order valence-electron chi connectivity index (χ0n) is 13.4. The number of nitrogens with zero attached hydrogens (tertiary/aromatic N) is 5. The highest BCUT2D eigenvalue weighted by Gasteiger charge is 2.18. The molecule has 1 aliphatic rings. The van der Waals surface area contributed by atoms with Crippen molar-refractivity contribution in [3.63, 3.8) is 0 Å². The molecule has 1 aliphatic heterocycles. The molecule has 7 heteroatoms. The summed E-state index contributed by atoms with van der Waals surface area (Å²) >= 11 is 0. The largest absolute Gasteiger partial charge is 0.370 e. The average Bonchev–Trinajstić information content (AvgIpc) is 2.57. The van der Waals surface area contributed by atoms with Crippen LogP contribution in [0.3, 0.4) is 0 Å². The molecule has 0 atom stereocenters. The molecule has 0 unspecified atom stereocenters. The van der Waals surface area contributed by atoms with Crippen molar-refractivity contribution in [1.82, 2.24) is 20.2 Å². The van der Waals surface area contributed by atoms with Gasteiger partial charge in [-0.2, -0.15) is 0 Å². The highest BCUT2D eigenvalue weighted by Crippen LogP contribution is 2.08. The third kappa shape index (κ3) is 5.48. The van der Waals surface area contributed by atoms with Crippen LogP contribution in [-0.2, 0) is 0 Å². The van der Waals surface area contributed by atoms with Gasteiger partial charge in [-0.3, -0.25) is 9.89 Å². The van der Waals surface area contributed by atoms with Crippen molar-refractivity contribution >= 4 is 11.9 Å². The van der Waals surface area contributed by atoms with E-state index in [4.69, 9.17) is 5.73 Å².